The highest BCUT2D eigenvalue weighted by molar-refractivity contribution is 5.92. The predicted octanol–water partition coefficient (Wildman–Crippen LogP) is -2.95. The number of likely N-dealkylation sites (N-methyl/N-ethyl adjacent to an activating group) is 1. The molecular formula is C27H46ClNO8. The lowest BCUT2D eigenvalue weighted by molar-refractivity contribution is -0.861. The Balaban J connectivity index is 0.00000481. The van der Waals surface area contributed by atoms with Crippen molar-refractivity contribution in [3.05, 3.63) is 12.7 Å². The van der Waals surface area contributed by atoms with Crippen LogP contribution in [0.5, 0.6) is 0 Å². The number of aliphatic hydroxyl groups excluding tert-OH is 2. The van der Waals surface area contributed by atoms with E-state index in [1.54, 1.807) is 20.8 Å². The molecule has 214 valence electrons. The Bertz CT molecular complexity index is 898. The highest BCUT2D eigenvalue weighted by Gasteiger charge is 2.80. The van der Waals surface area contributed by atoms with Crippen LogP contribution < -0.4 is 17.3 Å². The van der Waals surface area contributed by atoms with Crippen molar-refractivity contribution in [1.29, 1.82) is 0 Å². The standard InChI is InChI=1S/C27H45NO8.ClH/c1-10-24(5)13-19(31)27(33)25(6)18(30)11-12-23(3,4)21(25)20(32)22(26(27,7)36-24)34-15-17(14-28(8)9)35-16(2)29;/h10,17-18,20-22,30,32-33H,1,11-15H2,2-9H3;1H/t17?,18-,20-,21?,22-,24-,25-,26+,27-;/m0./s1. The molecule has 0 bridgehead atoms. The molecule has 2 aliphatic carbocycles. The molecule has 0 radical (unpaired) electrons. The summed E-state index contributed by atoms with van der Waals surface area (Å²) in [7, 11) is 3.84. The van der Waals surface area contributed by atoms with Gasteiger partial charge in [-0.1, -0.05) is 26.8 Å². The van der Waals surface area contributed by atoms with E-state index in [4.69, 9.17) is 14.2 Å². The van der Waals surface area contributed by atoms with Gasteiger partial charge < -0.3 is 46.8 Å². The average molecular weight is 548 g/mol. The number of fused-ring (bicyclic) bond motifs is 3. The maximum absolute atomic E-state index is 13.9. The van der Waals surface area contributed by atoms with Gasteiger partial charge in [0.05, 0.1) is 38.5 Å². The number of esters is 1. The summed E-state index contributed by atoms with van der Waals surface area (Å²) in [6.07, 6.45) is -1.61. The van der Waals surface area contributed by atoms with Crippen LogP contribution in [-0.2, 0) is 23.8 Å². The minimum Gasteiger partial charge on any atom is -1.00 e. The first-order valence-electron chi connectivity index (χ1n) is 12.9. The van der Waals surface area contributed by atoms with E-state index in [0.29, 0.717) is 19.4 Å². The summed E-state index contributed by atoms with van der Waals surface area (Å²) >= 11 is 0. The van der Waals surface area contributed by atoms with Crippen molar-refractivity contribution in [3.8, 4) is 0 Å². The molecule has 9 nitrogen and oxygen atoms in total. The lowest BCUT2D eigenvalue weighted by Gasteiger charge is -2.71. The lowest BCUT2D eigenvalue weighted by Crippen LogP contribution is -3.07. The molecule has 0 aromatic carbocycles. The zero-order chi connectivity index (χ0) is 27.5. The van der Waals surface area contributed by atoms with Crippen molar-refractivity contribution in [2.75, 3.05) is 27.2 Å². The third-order valence-electron chi connectivity index (χ3n) is 9.16. The minimum absolute atomic E-state index is 0. The second-order valence-corrected chi connectivity index (χ2v) is 12.7. The molecule has 3 rings (SSSR count). The summed E-state index contributed by atoms with van der Waals surface area (Å²) in [6.45, 7) is 14.5. The zero-order valence-corrected chi connectivity index (χ0v) is 24.2. The number of hydrogen-bond donors (Lipinski definition) is 4. The molecule has 0 amide bonds. The number of ketones is 1. The molecule has 0 spiro atoms. The van der Waals surface area contributed by atoms with Gasteiger partial charge in [0.1, 0.15) is 18.2 Å². The van der Waals surface area contributed by atoms with Crippen molar-refractivity contribution >= 4 is 11.8 Å². The van der Waals surface area contributed by atoms with Gasteiger partial charge in [0.2, 0.25) is 0 Å². The lowest BCUT2D eigenvalue weighted by atomic mass is 9.40. The van der Waals surface area contributed by atoms with Gasteiger partial charge in [-0.2, -0.15) is 0 Å². The van der Waals surface area contributed by atoms with Crippen LogP contribution in [0.1, 0.15) is 60.8 Å². The molecule has 2 unspecified atom stereocenters. The topological polar surface area (TPSA) is 127 Å². The van der Waals surface area contributed by atoms with Crippen LogP contribution in [-0.4, -0.2) is 95.5 Å². The number of rotatable bonds is 7. The summed E-state index contributed by atoms with van der Waals surface area (Å²) in [6, 6.07) is 0. The highest BCUT2D eigenvalue weighted by atomic mass is 35.5. The first kappa shape index (κ1) is 32.1. The zero-order valence-electron chi connectivity index (χ0n) is 23.5. The Labute approximate surface area is 226 Å². The summed E-state index contributed by atoms with van der Waals surface area (Å²) < 4.78 is 18.3. The van der Waals surface area contributed by atoms with Crippen LogP contribution in [0, 0.1) is 16.7 Å². The van der Waals surface area contributed by atoms with Crippen molar-refractivity contribution in [1.82, 2.24) is 0 Å². The predicted molar refractivity (Wildman–Crippen MR) is 132 cm³/mol. The molecule has 1 saturated heterocycles. The number of halogens is 1. The van der Waals surface area contributed by atoms with Gasteiger partial charge >= 0.3 is 5.97 Å². The Morgan fingerprint density at radius 3 is 2.35 bits per heavy atom. The second-order valence-electron chi connectivity index (χ2n) is 12.7. The maximum atomic E-state index is 13.9. The van der Waals surface area contributed by atoms with E-state index in [1.807, 2.05) is 27.9 Å². The molecule has 0 aromatic rings. The van der Waals surface area contributed by atoms with Crippen molar-refractivity contribution < 1.29 is 56.4 Å². The number of ether oxygens (including phenoxy) is 3. The number of aliphatic hydroxyl groups is 3. The van der Waals surface area contributed by atoms with Gasteiger partial charge in [0.25, 0.3) is 0 Å². The fourth-order valence-corrected chi connectivity index (χ4v) is 7.59. The van der Waals surface area contributed by atoms with Gasteiger partial charge in [-0.3, -0.25) is 9.59 Å². The molecular weight excluding hydrogens is 502 g/mol. The summed E-state index contributed by atoms with van der Waals surface area (Å²) in [4.78, 5) is 26.7. The van der Waals surface area contributed by atoms with E-state index in [9.17, 15) is 24.9 Å². The summed E-state index contributed by atoms with van der Waals surface area (Å²) in [5.41, 5.74) is -6.91. The van der Waals surface area contributed by atoms with E-state index in [0.717, 1.165) is 4.90 Å². The van der Waals surface area contributed by atoms with Crippen LogP contribution in [0.3, 0.4) is 0 Å². The molecule has 1 aliphatic heterocycles. The summed E-state index contributed by atoms with van der Waals surface area (Å²) in [5.74, 6) is -1.61. The van der Waals surface area contributed by atoms with Crippen LogP contribution in [0.25, 0.3) is 0 Å². The number of carbonyl (C=O) groups is 2. The molecule has 10 heteroatoms. The average Bonchev–Trinajstić information content (AvgIpc) is 2.73. The van der Waals surface area contributed by atoms with E-state index in [1.165, 1.54) is 13.0 Å². The molecule has 2 saturated carbocycles. The van der Waals surface area contributed by atoms with Gasteiger partial charge in [-0.25, -0.2) is 0 Å². The fraction of sp³-hybridized carbons (Fsp3) is 0.852. The molecule has 4 N–H and O–H groups in total. The van der Waals surface area contributed by atoms with Crippen molar-refractivity contribution in [2.45, 2.75) is 102 Å². The van der Waals surface area contributed by atoms with Crippen molar-refractivity contribution in [2.24, 2.45) is 16.7 Å². The van der Waals surface area contributed by atoms with Crippen LogP contribution in [0.15, 0.2) is 12.7 Å². The number of quaternary nitrogens is 1. The Morgan fingerprint density at radius 1 is 1.24 bits per heavy atom. The van der Waals surface area contributed by atoms with Crippen LogP contribution in [0.4, 0.5) is 0 Å². The Morgan fingerprint density at radius 2 is 1.84 bits per heavy atom. The van der Waals surface area contributed by atoms with Gasteiger partial charge in [0.15, 0.2) is 17.5 Å². The number of Topliss-reactive ketones (excluding diaryl/α,β-unsaturated/α-hetero) is 1. The first-order chi connectivity index (χ1) is 16.4. The maximum Gasteiger partial charge on any atom is 0.303 e. The van der Waals surface area contributed by atoms with Gasteiger partial charge in [-0.05, 0) is 32.1 Å². The Hall–Kier alpha value is -1.07. The smallest absolute Gasteiger partial charge is 0.303 e. The Kier molecular flexibility index (Phi) is 9.11. The molecule has 3 aliphatic rings. The monoisotopic (exact) mass is 547 g/mol. The second kappa shape index (κ2) is 10.5. The molecule has 3 fully saturated rings. The molecule has 0 aromatic heterocycles. The van der Waals surface area contributed by atoms with Crippen molar-refractivity contribution in [3.63, 3.8) is 0 Å². The first-order valence-corrected chi connectivity index (χ1v) is 12.9. The van der Waals surface area contributed by atoms with E-state index < -0.39 is 69.7 Å². The largest absolute Gasteiger partial charge is 1.00 e. The normalized spacial score (nSPS) is 43.7. The molecule has 1 heterocycles. The number of hydrogen-bond acceptors (Lipinski definition) is 8. The molecule has 37 heavy (non-hydrogen) atoms. The highest BCUT2D eigenvalue weighted by Crippen LogP contribution is 2.67. The van der Waals surface area contributed by atoms with Gasteiger partial charge in [0, 0.05) is 24.7 Å². The quantitative estimate of drug-likeness (QED) is 0.197. The third kappa shape index (κ3) is 4.90. The minimum atomic E-state index is -2.15. The number of carbonyl (C=O) groups excluding carboxylic acids is 2. The van der Waals surface area contributed by atoms with Crippen LogP contribution in [0.2, 0.25) is 0 Å². The number of nitrogens with one attached hydrogen (secondary N) is 1. The van der Waals surface area contributed by atoms with Crippen LogP contribution >= 0.6 is 0 Å². The third-order valence-corrected chi connectivity index (χ3v) is 9.16. The van der Waals surface area contributed by atoms with E-state index in [-0.39, 0.29) is 25.4 Å². The van der Waals surface area contributed by atoms with E-state index >= 15 is 0 Å². The van der Waals surface area contributed by atoms with Gasteiger partial charge in [-0.15, -0.1) is 6.58 Å². The SMILES string of the molecule is C=C[C@@]1(C)CC(=O)[C@@]2(O)[C@](C)(O1)[C@@H](OCC(C[NH+](C)C)OC(C)=O)[C@@H](O)C1C(C)(C)CC[C@H](O)[C@@]12C.[Cl-]. The molecule has 9 atom stereocenters. The summed E-state index contributed by atoms with van der Waals surface area (Å²) in [5, 5.41) is 35.8. The van der Waals surface area contributed by atoms with E-state index in [2.05, 4.69) is 6.58 Å². The fourth-order valence-electron chi connectivity index (χ4n) is 7.59.